The van der Waals surface area contributed by atoms with Crippen LogP contribution in [0.15, 0.2) is 30.3 Å². The van der Waals surface area contributed by atoms with E-state index in [9.17, 15) is 24.3 Å². The van der Waals surface area contributed by atoms with Gasteiger partial charge in [-0.25, -0.2) is 0 Å². The van der Waals surface area contributed by atoms with Gasteiger partial charge >= 0.3 is 5.97 Å². The van der Waals surface area contributed by atoms with E-state index in [1.807, 2.05) is 44.2 Å². The van der Waals surface area contributed by atoms with Gasteiger partial charge in [-0.15, -0.1) is 0 Å². The molecule has 0 saturated heterocycles. The highest BCUT2D eigenvalue weighted by molar-refractivity contribution is 5.94. The molecule has 0 bridgehead atoms. The lowest BCUT2D eigenvalue weighted by Gasteiger charge is -2.26. The number of aliphatic hydroxyl groups excluding tert-OH is 1. The Balaban J connectivity index is 2.85. The highest BCUT2D eigenvalue weighted by Gasteiger charge is 2.32. The Hall–Kier alpha value is -2.98. The Kier molecular flexibility index (Phi) is 10.8. The largest absolute Gasteiger partial charge is 0.480 e. The van der Waals surface area contributed by atoms with Gasteiger partial charge in [-0.3, -0.25) is 19.2 Å². The Morgan fingerprint density at radius 2 is 1.50 bits per heavy atom. The third-order valence-electron chi connectivity index (χ3n) is 4.77. The summed E-state index contributed by atoms with van der Waals surface area (Å²) in [5, 5.41) is 26.3. The molecule has 0 fully saturated rings. The predicted molar refractivity (Wildman–Crippen MR) is 118 cm³/mol. The zero-order chi connectivity index (χ0) is 24.4. The molecule has 1 aromatic carbocycles. The molecule has 5 atom stereocenters. The zero-order valence-electron chi connectivity index (χ0n) is 18.9. The van der Waals surface area contributed by atoms with E-state index < -0.39 is 54.0 Å². The summed E-state index contributed by atoms with van der Waals surface area (Å²) in [7, 11) is 0. The molecule has 7 N–H and O–H groups in total. The number of carboxylic acid groups (broad SMARTS) is 1. The number of nitrogens with one attached hydrogen (secondary N) is 3. The fraction of sp³-hybridized carbons (Fsp3) is 0.545. The lowest BCUT2D eigenvalue weighted by Crippen LogP contribution is -2.60. The molecule has 178 valence electrons. The third-order valence-corrected chi connectivity index (χ3v) is 4.77. The average Bonchev–Trinajstić information content (AvgIpc) is 2.71. The number of carboxylic acids is 1. The molecule has 0 radical (unpaired) electrons. The minimum Gasteiger partial charge on any atom is -0.480 e. The Morgan fingerprint density at radius 3 is 2.00 bits per heavy atom. The molecular formula is C22H34N4O6. The molecule has 0 aliphatic carbocycles. The smallest absolute Gasteiger partial charge is 0.325 e. The second-order valence-electron chi connectivity index (χ2n) is 8.28. The summed E-state index contributed by atoms with van der Waals surface area (Å²) in [6.07, 6.45) is -0.784. The number of hydrogen-bond acceptors (Lipinski definition) is 6. The maximum atomic E-state index is 12.8. The van der Waals surface area contributed by atoms with E-state index in [1.54, 1.807) is 0 Å². The first kappa shape index (κ1) is 27.1. The summed E-state index contributed by atoms with van der Waals surface area (Å²) in [5.74, 6) is -3.28. The zero-order valence-corrected chi connectivity index (χ0v) is 18.9. The maximum Gasteiger partial charge on any atom is 0.325 e. The van der Waals surface area contributed by atoms with Gasteiger partial charge in [0.25, 0.3) is 0 Å². The molecule has 5 unspecified atom stereocenters. The van der Waals surface area contributed by atoms with Crippen molar-refractivity contribution in [2.75, 3.05) is 0 Å². The third kappa shape index (κ3) is 9.03. The molecule has 1 rings (SSSR count). The SMILES string of the molecule is CC(C)CC(NC(=O)C(NC(=O)C(N)Cc1ccccc1)C(C)O)C(=O)NC(C)C(=O)O. The van der Waals surface area contributed by atoms with E-state index in [1.165, 1.54) is 13.8 Å². The number of carbonyl (C=O) groups excluding carboxylic acids is 3. The molecule has 0 heterocycles. The van der Waals surface area contributed by atoms with Crippen molar-refractivity contribution < 1.29 is 29.4 Å². The molecule has 3 amide bonds. The fourth-order valence-electron chi connectivity index (χ4n) is 2.97. The summed E-state index contributed by atoms with van der Waals surface area (Å²) in [6.45, 7) is 6.31. The van der Waals surface area contributed by atoms with Gasteiger partial charge in [0.1, 0.15) is 18.1 Å². The number of amides is 3. The number of aliphatic carboxylic acids is 1. The van der Waals surface area contributed by atoms with Crippen molar-refractivity contribution in [1.29, 1.82) is 0 Å². The minimum atomic E-state index is -1.34. The van der Waals surface area contributed by atoms with E-state index in [0.717, 1.165) is 5.56 Å². The van der Waals surface area contributed by atoms with E-state index in [-0.39, 0.29) is 18.8 Å². The van der Waals surface area contributed by atoms with Crippen molar-refractivity contribution in [3.8, 4) is 0 Å². The molecule has 10 nitrogen and oxygen atoms in total. The predicted octanol–water partition coefficient (Wildman–Crippen LogP) is -0.458. The van der Waals surface area contributed by atoms with Crippen LogP contribution in [0.25, 0.3) is 0 Å². The first-order valence-electron chi connectivity index (χ1n) is 10.5. The molecule has 0 spiro atoms. The van der Waals surface area contributed by atoms with E-state index in [4.69, 9.17) is 10.8 Å². The van der Waals surface area contributed by atoms with Crippen LogP contribution in [0.3, 0.4) is 0 Å². The van der Waals surface area contributed by atoms with Gasteiger partial charge in [-0.2, -0.15) is 0 Å². The minimum absolute atomic E-state index is 0.00469. The summed E-state index contributed by atoms with van der Waals surface area (Å²) >= 11 is 0. The molecule has 32 heavy (non-hydrogen) atoms. The first-order valence-corrected chi connectivity index (χ1v) is 10.5. The van der Waals surface area contributed by atoms with E-state index in [2.05, 4.69) is 16.0 Å². The van der Waals surface area contributed by atoms with Crippen LogP contribution >= 0.6 is 0 Å². The van der Waals surface area contributed by atoms with Crippen molar-refractivity contribution in [3.05, 3.63) is 35.9 Å². The normalized spacial score (nSPS) is 15.7. The Morgan fingerprint density at radius 1 is 0.906 bits per heavy atom. The second-order valence-corrected chi connectivity index (χ2v) is 8.28. The number of aliphatic hydroxyl groups is 1. The topological polar surface area (TPSA) is 171 Å². The molecule has 0 aliphatic rings. The summed E-state index contributed by atoms with van der Waals surface area (Å²) in [5.41, 5.74) is 6.79. The van der Waals surface area contributed by atoms with Gasteiger partial charge in [0, 0.05) is 0 Å². The molecule has 0 saturated carbocycles. The monoisotopic (exact) mass is 450 g/mol. The van der Waals surface area contributed by atoms with Crippen molar-refractivity contribution in [3.63, 3.8) is 0 Å². The van der Waals surface area contributed by atoms with Crippen molar-refractivity contribution in [1.82, 2.24) is 16.0 Å². The van der Waals surface area contributed by atoms with Crippen LogP contribution in [-0.4, -0.2) is 64.2 Å². The van der Waals surface area contributed by atoms with Crippen LogP contribution in [0.2, 0.25) is 0 Å². The van der Waals surface area contributed by atoms with Gasteiger partial charge in [-0.1, -0.05) is 44.2 Å². The highest BCUT2D eigenvalue weighted by atomic mass is 16.4. The van der Waals surface area contributed by atoms with E-state index >= 15 is 0 Å². The molecular weight excluding hydrogens is 416 g/mol. The maximum absolute atomic E-state index is 12.8. The molecule has 1 aromatic rings. The lowest BCUT2D eigenvalue weighted by molar-refractivity contribution is -0.142. The number of benzene rings is 1. The summed E-state index contributed by atoms with van der Waals surface area (Å²) < 4.78 is 0. The average molecular weight is 451 g/mol. The van der Waals surface area contributed by atoms with Crippen LogP contribution in [0, 0.1) is 5.92 Å². The van der Waals surface area contributed by atoms with Gasteiger partial charge in [0.05, 0.1) is 12.1 Å². The van der Waals surface area contributed by atoms with Gasteiger partial charge in [0.15, 0.2) is 0 Å². The van der Waals surface area contributed by atoms with Gasteiger partial charge in [-0.05, 0) is 38.2 Å². The number of carbonyl (C=O) groups is 4. The van der Waals surface area contributed by atoms with Crippen molar-refractivity contribution in [2.24, 2.45) is 11.7 Å². The summed E-state index contributed by atoms with van der Waals surface area (Å²) in [6, 6.07) is 4.63. The van der Waals surface area contributed by atoms with Crippen molar-refractivity contribution >= 4 is 23.7 Å². The van der Waals surface area contributed by atoms with E-state index in [0.29, 0.717) is 0 Å². The fourth-order valence-corrected chi connectivity index (χ4v) is 2.97. The number of rotatable bonds is 12. The standard InChI is InChI=1S/C22H34N4O6/c1-12(2)10-17(20(29)24-13(3)22(31)32)25-21(30)18(14(4)27)26-19(28)16(23)11-15-8-6-5-7-9-15/h5-9,12-14,16-18,27H,10-11,23H2,1-4H3,(H,24,29)(H,25,30)(H,26,28)(H,31,32). The lowest BCUT2D eigenvalue weighted by atomic mass is 10.0. The quantitative estimate of drug-likeness (QED) is 0.250. The highest BCUT2D eigenvalue weighted by Crippen LogP contribution is 2.07. The number of hydrogen-bond donors (Lipinski definition) is 6. The van der Waals surface area contributed by atoms with Crippen LogP contribution in [0.5, 0.6) is 0 Å². The van der Waals surface area contributed by atoms with Crippen molar-refractivity contribution in [2.45, 2.75) is 70.8 Å². The van der Waals surface area contributed by atoms with Gasteiger partial charge < -0.3 is 31.9 Å². The molecule has 0 aliphatic heterocycles. The van der Waals surface area contributed by atoms with Crippen LogP contribution in [0.4, 0.5) is 0 Å². The van der Waals surface area contributed by atoms with Gasteiger partial charge in [0.2, 0.25) is 17.7 Å². The molecule has 10 heteroatoms. The van der Waals surface area contributed by atoms with Crippen LogP contribution in [-0.2, 0) is 25.6 Å². The van der Waals surface area contributed by atoms with Crippen LogP contribution in [0.1, 0.15) is 39.7 Å². The summed E-state index contributed by atoms with van der Waals surface area (Å²) in [4.78, 5) is 48.8. The Bertz CT molecular complexity index is 784. The van der Waals surface area contributed by atoms with Crippen LogP contribution < -0.4 is 21.7 Å². The molecule has 0 aromatic heterocycles. The first-order chi connectivity index (χ1) is 14.9. The number of nitrogens with two attached hydrogens (primary N) is 1. The second kappa shape index (κ2) is 12.8. The Labute approximate surface area is 187 Å².